The molecule has 9 nitrogen and oxygen atoms in total. The maximum absolute atomic E-state index is 12.8. The van der Waals surface area contributed by atoms with Crippen molar-refractivity contribution in [1.82, 2.24) is 0 Å². The molecule has 0 aromatic carbocycles. The first-order valence-corrected chi connectivity index (χ1v) is 17.4. The van der Waals surface area contributed by atoms with Gasteiger partial charge >= 0.3 is 17.9 Å². The molecule has 8 unspecified atom stereocenters. The molecule has 3 fully saturated rings. The van der Waals surface area contributed by atoms with Crippen LogP contribution in [0.1, 0.15) is 75.2 Å². The first-order chi connectivity index (χ1) is 18.3. The lowest BCUT2D eigenvalue weighted by atomic mass is 9.51. The zero-order chi connectivity index (χ0) is 30.1. The summed E-state index contributed by atoms with van der Waals surface area (Å²) < 4.78 is 38.2. The van der Waals surface area contributed by atoms with Crippen LogP contribution < -0.4 is 0 Å². The number of ether oxygens (including phenoxy) is 5. The molecule has 4 aliphatic rings. The number of esters is 3. The summed E-state index contributed by atoms with van der Waals surface area (Å²) in [4.78, 5) is 37.7. The Bertz CT molecular complexity index is 1070. The molecule has 0 N–H and O–H groups in total. The van der Waals surface area contributed by atoms with Gasteiger partial charge in [-0.2, -0.15) is 0 Å². The molecular formula is C30H48O9Si. The van der Waals surface area contributed by atoms with Gasteiger partial charge in [-0.25, -0.2) is 0 Å². The van der Waals surface area contributed by atoms with Crippen molar-refractivity contribution in [3.63, 3.8) is 0 Å². The molecule has 2 heterocycles. The molecule has 226 valence electrons. The molecule has 2 bridgehead atoms. The second kappa shape index (κ2) is 10.2. The van der Waals surface area contributed by atoms with Crippen molar-refractivity contribution in [3.8, 4) is 0 Å². The van der Waals surface area contributed by atoms with Gasteiger partial charge in [0.1, 0.15) is 36.6 Å². The molecule has 1 spiro atoms. The quantitative estimate of drug-likeness (QED) is 0.132. The van der Waals surface area contributed by atoms with Crippen molar-refractivity contribution in [2.24, 2.45) is 16.7 Å². The van der Waals surface area contributed by atoms with E-state index in [0.717, 1.165) is 5.57 Å². The van der Waals surface area contributed by atoms with E-state index >= 15 is 0 Å². The molecule has 4 rings (SSSR count). The molecule has 2 aliphatic carbocycles. The van der Waals surface area contributed by atoms with Crippen LogP contribution in [0.25, 0.3) is 0 Å². The van der Waals surface area contributed by atoms with Crippen LogP contribution in [0, 0.1) is 16.7 Å². The summed E-state index contributed by atoms with van der Waals surface area (Å²) in [7, 11) is -2.36. The summed E-state index contributed by atoms with van der Waals surface area (Å²) in [6, 6.07) is 0. The van der Waals surface area contributed by atoms with Crippen LogP contribution in [0.3, 0.4) is 0 Å². The van der Waals surface area contributed by atoms with Gasteiger partial charge in [0.15, 0.2) is 8.32 Å². The van der Waals surface area contributed by atoms with Gasteiger partial charge in [-0.3, -0.25) is 14.4 Å². The summed E-state index contributed by atoms with van der Waals surface area (Å²) >= 11 is 0. The number of epoxide rings is 1. The Morgan fingerprint density at radius 3 is 2.25 bits per heavy atom. The van der Waals surface area contributed by atoms with Gasteiger partial charge < -0.3 is 28.1 Å². The van der Waals surface area contributed by atoms with Gasteiger partial charge in [0.2, 0.25) is 0 Å². The Balaban J connectivity index is 1.85. The molecule has 0 aromatic heterocycles. The van der Waals surface area contributed by atoms with Crippen molar-refractivity contribution < 1.29 is 42.5 Å². The molecule has 2 aliphatic heterocycles. The predicted molar refractivity (Wildman–Crippen MR) is 150 cm³/mol. The Kier molecular flexibility index (Phi) is 7.96. The van der Waals surface area contributed by atoms with Crippen LogP contribution in [-0.2, 0) is 42.5 Å². The predicted octanol–water partition coefficient (Wildman–Crippen LogP) is 4.72. The van der Waals surface area contributed by atoms with Gasteiger partial charge in [-0.05, 0) is 36.5 Å². The third kappa shape index (κ3) is 4.86. The Morgan fingerprint density at radius 1 is 1.12 bits per heavy atom. The van der Waals surface area contributed by atoms with Gasteiger partial charge in [0.25, 0.3) is 0 Å². The first kappa shape index (κ1) is 31.2. The lowest BCUT2D eigenvalue weighted by molar-refractivity contribution is -0.241. The SMILES string of the molecule is CC(=O)OCC12CC(OC(=O)CC(C)C)C(C)=CC1OC1C(O[Si](C)(C)C(C)(C)C)C(OC(C)=O)C2(C)C12CO2. The topological polar surface area (TPSA) is 110 Å². The largest absolute Gasteiger partial charge is 0.465 e. The molecule has 2 saturated heterocycles. The minimum Gasteiger partial charge on any atom is -0.465 e. The van der Waals surface area contributed by atoms with E-state index in [9.17, 15) is 14.4 Å². The molecule has 0 amide bonds. The van der Waals surface area contributed by atoms with Crippen molar-refractivity contribution in [2.75, 3.05) is 13.2 Å². The summed E-state index contributed by atoms with van der Waals surface area (Å²) in [5, 5.41) is -0.0999. The first-order valence-electron chi connectivity index (χ1n) is 14.5. The van der Waals surface area contributed by atoms with Crippen molar-refractivity contribution in [2.45, 2.75) is 129 Å². The maximum Gasteiger partial charge on any atom is 0.306 e. The van der Waals surface area contributed by atoms with E-state index < -0.39 is 67.2 Å². The minimum atomic E-state index is -2.36. The average Bonchev–Trinajstić information content (AvgIpc) is 3.57. The van der Waals surface area contributed by atoms with Crippen LogP contribution in [0.5, 0.6) is 0 Å². The average molecular weight is 581 g/mol. The Labute approximate surface area is 239 Å². The highest BCUT2D eigenvalue weighted by Crippen LogP contribution is 2.73. The highest BCUT2D eigenvalue weighted by atomic mass is 28.4. The summed E-state index contributed by atoms with van der Waals surface area (Å²) in [6.07, 6.45) is -0.233. The summed E-state index contributed by atoms with van der Waals surface area (Å²) in [6.45, 7) is 21.9. The van der Waals surface area contributed by atoms with E-state index in [1.807, 2.05) is 26.8 Å². The van der Waals surface area contributed by atoms with Gasteiger partial charge in [-0.1, -0.05) is 47.6 Å². The number of fused-ring (bicyclic) bond motifs is 2. The monoisotopic (exact) mass is 580 g/mol. The third-order valence-corrected chi connectivity index (χ3v) is 14.7. The number of carbonyl (C=O) groups excluding carboxylic acids is 3. The van der Waals surface area contributed by atoms with Crippen molar-refractivity contribution in [3.05, 3.63) is 11.6 Å². The molecule has 0 radical (unpaired) electrons. The fourth-order valence-electron chi connectivity index (χ4n) is 6.87. The van der Waals surface area contributed by atoms with Gasteiger partial charge in [0.05, 0.1) is 23.5 Å². The smallest absolute Gasteiger partial charge is 0.306 e. The number of carbonyl (C=O) groups is 3. The molecule has 10 heteroatoms. The number of hydrogen-bond donors (Lipinski definition) is 0. The lowest BCUT2D eigenvalue weighted by Crippen LogP contribution is -2.68. The second-order valence-corrected chi connectivity index (χ2v) is 19.1. The fraction of sp³-hybridized carbons (Fsp3) is 0.833. The van der Waals surface area contributed by atoms with Crippen molar-refractivity contribution in [1.29, 1.82) is 0 Å². The summed E-state index contributed by atoms with van der Waals surface area (Å²) in [5.74, 6) is -0.993. The zero-order valence-corrected chi connectivity index (χ0v) is 27.0. The summed E-state index contributed by atoms with van der Waals surface area (Å²) in [5.41, 5.74) is -1.72. The lowest BCUT2D eigenvalue weighted by Gasteiger charge is -2.58. The highest BCUT2D eigenvalue weighted by Gasteiger charge is 2.86. The van der Waals surface area contributed by atoms with Gasteiger partial charge in [0, 0.05) is 26.7 Å². The van der Waals surface area contributed by atoms with Crippen LogP contribution in [-0.4, -0.2) is 75.6 Å². The number of hydrogen-bond acceptors (Lipinski definition) is 9. The van der Waals surface area contributed by atoms with E-state index in [4.69, 9.17) is 28.1 Å². The fourth-order valence-corrected chi connectivity index (χ4v) is 8.15. The third-order valence-electron chi connectivity index (χ3n) is 10.2. The van der Waals surface area contributed by atoms with E-state index in [1.165, 1.54) is 13.8 Å². The van der Waals surface area contributed by atoms with Crippen molar-refractivity contribution >= 4 is 26.2 Å². The Morgan fingerprint density at radius 2 is 1.75 bits per heavy atom. The molecular weight excluding hydrogens is 532 g/mol. The normalized spacial score (nSPS) is 38.5. The second-order valence-electron chi connectivity index (χ2n) is 14.4. The molecule has 1 saturated carbocycles. The molecule has 40 heavy (non-hydrogen) atoms. The maximum atomic E-state index is 12.8. The van der Waals surface area contributed by atoms with Crippen LogP contribution >= 0.6 is 0 Å². The van der Waals surface area contributed by atoms with E-state index in [0.29, 0.717) is 19.4 Å². The van der Waals surface area contributed by atoms with E-state index in [1.54, 1.807) is 0 Å². The minimum absolute atomic E-state index is 0.00603. The van der Waals surface area contributed by atoms with Crippen LogP contribution in [0.4, 0.5) is 0 Å². The van der Waals surface area contributed by atoms with Gasteiger partial charge in [-0.15, -0.1) is 0 Å². The zero-order valence-electron chi connectivity index (χ0n) is 26.0. The molecule has 8 atom stereocenters. The highest BCUT2D eigenvalue weighted by molar-refractivity contribution is 6.74. The van der Waals surface area contributed by atoms with E-state index in [-0.39, 0.29) is 23.5 Å². The Hall–Kier alpha value is -1.75. The van der Waals surface area contributed by atoms with Crippen LogP contribution in [0.2, 0.25) is 18.1 Å². The van der Waals surface area contributed by atoms with E-state index in [2.05, 4.69) is 40.8 Å². The molecule has 0 aromatic rings. The standard InChI is InChI=1S/C30H48O9Si/c1-17(2)12-23(33)37-21-14-29(15-34-19(4)31)22(13-18(21)3)38-26-24(39-40(10,11)27(6,7)8)25(36-20(5)32)28(29,9)30(26)16-35-30/h13,17,21-22,24-26H,12,14-16H2,1-11H3. The number of rotatable bonds is 8. The van der Waals surface area contributed by atoms with Crippen LogP contribution in [0.15, 0.2) is 11.6 Å².